The van der Waals surface area contributed by atoms with Gasteiger partial charge in [-0.1, -0.05) is 0 Å². The third-order valence-electron chi connectivity index (χ3n) is 0.0956. The van der Waals surface area contributed by atoms with Crippen LogP contribution in [0.5, 0.6) is 0 Å². The van der Waals surface area contributed by atoms with Gasteiger partial charge in [0.1, 0.15) is 0 Å². The minimum Gasteiger partial charge on any atom is -0.470 e. The van der Waals surface area contributed by atoms with Crippen molar-refractivity contribution in [3.63, 3.8) is 0 Å². The van der Waals surface area contributed by atoms with E-state index in [1.807, 2.05) is 0 Å². The van der Waals surface area contributed by atoms with Gasteiger partial charge in [0, 0.05) is 16.8 Å². The van der Waals surface area contributed by atoms with Crippen LogP contribution in [0.2, 0.25) is 0 Å². The van der Waals surface area contributed by atoms with Gasteiger partial charge < -0.3 is 5.11 Å². The second-order valence-electron chi connectivity index (χ2n) is 0.417. The van der Waals surface area contributed by atoms with Gasteiger partial charge in [0.15, 0.2) is 6.07 Å². The van der Waals surface area contributed by atoms with Crippen molar-refractivity contribution in [2.75, 3.05) is 0 Å². The van der Waals surface area contributed by atoms with E-state index < -0.39 is 5.97 Å². The summed E-state index contributed by atoms with van der Waals surface area (Å²) in [5.74, 6) is -1.44. The van der Waals surface area contributed by atoms with Gasteiger partial charge in [-0.2, -0.15) is 5.26 Å². The zero-order chi connectivity index (χ0) is 4.28. The molecule has 1 radical (unpaired) electrons. The Morgan fingerprint density at radius 1 is 1.83 bits per heavy atom. The first-order chi connectivity index (χ1) is 2.27. The van der Waals surface area contributed by atoms with E-state index in [0.717, 1.165) is 6.07 Å². The predicted molar refractivity (Wildman–Crippen MR) is 13.2 cm³/mol. The topological polar surface area (TPSA) is 61.1 Å². The Balaban J connectivity index is 0. The van der Waals surface area contributed by atoms with Crippen molar-refractivity contribution in [3.05, 3.63) is 0 Å². The van der Waals surface area contributed by atoms with Crippen molar-refractivity contribution < 1.29 is 26.7 Å². The Hall–Kier alpha value is -0.534. The van der Waals surface area contributed by atoms with E-state index in [4.69, 9.17) is 15.2 Å². The second kappa shape index (κ2) is 4.47. The van der Waals surface area contributed by atoms with Crippen LogP contribution in [-0.4, -0.2) is 11.1 Å². The molecule has 0 spiro atoms. The summed E-state index contributed by atoms with van der Waals surface area (Å²) in [6.07, 6.45) is 0. The molecule has 0 aromatic carbocycles. The largest absolute Gasteiger partial charge is 0.470 e. The summed E-state index contributed by atoms with van der Waals surface area (Å²) in [5, 5.41) is 14.7. The van der Waals surface area contributed by atoms with Crippen molar-refractivity contribution in [2.24, 2.45) is 0 Å². The van der Waals surface area contributed by atoms with Crippen LogP contribution in [0.25, 0.3) is 0 Å². The van der Waals surface area contributed by atoms with Crippen molar-refractivity contribution in [1.82, 2.24) is 0 Å². The molecule has 0 aromatic heterocycles. The van der Waals surface area contributed by atoms with Crippen LogP contribution in [0, 0.1) is 11.3 Å². The van der Waals surface area contributed by atoms with Gasteiger partial charge >= 0.3 is 5.97 Å². The van der Waals surface area contributed by atoms with E-state index in [1.54, 1.807) is 0 Å². The predicted octanol–water partition coefficient (Wildman–Crippen LogP) is -0.408. The van der Waals surface area contributed by atoms with Gasteiger partial charge in [-0.25, -0.2) is 4.79 Å². The molecule has 0 atom stereocenters. The molecule has 0 unspecified atom stereocenters. The average molecular weight is 130 g/mol. The maximum Gasteiger partial charge on any atom is 0.408 e. The molecule has 0 bridgehead atoms. The SMILES string of the molecule is N#CC(=O)O.[Co]. The van der Waals surface area contributed by atoms with Gasteiger partial charge in [-0.05, 0) is 0 Å². The van der Waals surface area contributed by atoms with E-state index in [-0.39, 0.29) is 16.8 Å². The van der Waals surface area contributed by atoms with Crippen molar-refractivity contribution in [2.45, 2.75) is 0 Å². The Kier molecular flexibility index (Phi) is 6.76. The van der Waals surface area contributed by atoms with Crippen LogP contribution in [0.15, 0.2) is 0 Å². The van der Waals surface area contributed by atoms with Gasteiger partial charge in [-0.3, -0.25) is 0 Å². The molecule has 0 heterocycles. The van der Waals surface area contributed by atoms with Crippen molar-refractivity contribution >= 4 is 5.97 Å². The summed E-state index contributed by atoms with van der Waals surface area (Å²) in [5.41, 5.74) is 0. The number of rotatable bonds is 0. The zero-order valence-electron chi connectivity index (χ0n) is 2.64. The first kappa shape index (κ1) is 9.08. The maximum absolute atomic E-state index is 9.01. The number of carbonyl (C=O) groups is 1. The summed E-state index contributed by atoms with van der Waals surface area (Å²) in [6.45, 7) is 0. The number of aliphatic carboxylic acids is 1. The summed E-state index contributed by atoms with van der Waals surface area (Å²) < 4.78 is 0. The minimum absolute atomic E-state index is 0. The van der Waals surface area contributed by atoms with Gasteiger partial charge in [0.25, 0.3) is 0 Å². The Labute approximate surface area is 44.8 Å². The van der Waals surface area contributed by atoms with Gasteiger partial charge in [0.2, 0.25) is 0 Å². The molecule has 0 saturated heterocycles. The first-order valence-corrected chi connectivity index (χ1v) is 0.901. The molecule has 6 heavy (non-hydrogen) atoms. The molecule has 3 nitrogen and oxygen atoms in total. The summed E-state index contributed by atoms with van der Waals surface area (Å²) in [7, 11) is 0. The smallest absolute Gasteiger partial charge is 0.408 e. The number of nitriles is 1. The van der Waals surface area contributed by atoms with Crippen LogP contribution in [0.4, 0.5) is 0 Å². The monoisotopic (exact) mass is 130 g/mol. The van der Waals surface area contributed by atoms with E-state index >= 15 is 0 Å². The molecule has 0 fully saturated rings. The molecule has 0 aliphatic carbocycles. The van der Waals surface area contributed by atoms with Crippen LogP contribution in [0.3, 0.4) is 0 Å². The fraction of sp³-hybridized carbons (Fsp3) is 0. The molecule has 0 aliphatic rings. The third-order valence-corrected chi connectivity index (χ3v) is 0.0956. The zero-order valence-corrected chi connectivity index (χ0v) is 3.68. The Morgan fingerprint density at radius 2 is 2.00 bits per heavy atom. The van der Waals surface area contributed by atoms with Gasteiger partial charge in [-0.15, -0.1) is 0 Å². The molecule has 0 saturated carbocycles. The minimum atomic E-state index is -1.44. The van der Waals surface area contributed by atoms with E-state index in [0.29, 0.717) is 0 Å². The summed E-state index contributed by atoms with van der Waals surface area (Å²) >= 11 is 0. The van der Waals surface area contributed by atoms with E-state index in [9.17, 15) is 0 Å². The van der Waals surface area contributed by atoms with Crippen LogP contribution >= 0.6 is 0 Å². The molecule has 0 aromatic rings. The summed E-state index contributed by atoms with van der Waals surface area (Å²) in [6, 6.07) is 0.944. The average Bonchev–Trinajstić information content (AvgIpc) is 1.38. The molecular weight excluding hydrogens is 129 g/mol. The van der Waals surface area contributed by atoms with Crippen LogP contribution in [0.1, 0.15) is 0 Å². The molecular formula is C2HCoNO2. The Bertz CT molecular complexity index is 84.0. The standard InChI is InChI=1S/C2HNO2.Co/c3-1-2(4)5;/h(H,4,5);. The fourth-order valence-corrected chi connectivity index (χ4v) is 0. The molecule has 4 heteroatoms. The fourth-order valence-electron chi connectivity index (χ4n) is 0. The normalized spacial score (nSPS) is 4.50. The number of carboxylic acids is 1. The van der Waals surface area contributed by atoms with Crippen molar-refractivity contribution in [1.29, 1.82) is 5.26 Å². The summed E-state index contributed by atoms with van der Waals surface area (Å²) in [4.78, 5) is 9.01. The van der Waals surface area contributed by atoms with Crippen LogP contribution < -0.4 is 0 Å². The van der Waals surface area contributed by atoms with Crippen molar-refractivity contribution in [3.8, 4) is 6.07 Å². The maximum atomic E-state index is 9.01. The number of carboxylic acid groups (broad SMARTS) is 1. The second-order valence-corrected chi connectivity index (χ2v) is 0.417. The molecule has 35 valence electrons. The van der Waals surface area contributed by atoms with Gasteiger partial charge in [0.05, 0.1) is 0 Å². The number of nitrogens with zero attached hydrogens (tertiary/aromatic N) is 1. The van der Waals surface area contributed by atoms with Crippen LogP contribution in [-0.2, 0) is 21.6 Å². The quantitative estimate of drug-likeness (QED) is 0.358. The Morgan fingerprint density at radius 3 is 2.00 bits per heavy atom. The molecule has 1 N–H and O–H groups in total. The van der Waals surface area contributed by atoms with E-state index in [1.165, 1.54) is 0 Å². The number of hydrogen-bond acceptors (Lipinski definition) is 2. The third kappa shape index (κ3) is 9.81. The number of hydrogen-bond donors (Lipinski definition) is 1. The molecule has 0 aliphatic heterocycles. The molecule has 0 amide bonds. The first-order valence-electron chi connectivity index (χ1n) is 0.901. The van der Waals surface area contributed by atoms with E-state index in [2.05, 4.69) is 0 Å². The molecule has 0 rings (SSSR count).